The van der Waals surface area contributed by atoms with Crippen LogP contribution in [0.4, 0.5) is 0 Å². The van der Waals surface area contributed by atoms with Gasteiger partial charge in [0, 0.05) is 12.1 Å². The average Bonchev–Trinajstić information content (AvgIpc) is 2.83. The van der Waals surface area contributed by atoms with Crippen LogP contribution in [0.25, 0.3) is 11.4 Å². The maximum Gasteiger partial charge on any atom is 0.181 e. The standard InChI is InChI=1S/C14H18N4/c1-2-8-17-9-10-18-13(11-17)15-14(16-18)12-6-4-3-5-7-12/h3-7H,2,8-11H2,1H3. The van der Waals surface area contributed by atoms with Gasteiger partial charge in [-0.15, -0.1) is 0 Å². The lowest BCUT2D eigenvalue weighted by Gasteiger charge is -2.25. The number of nitrogens with zero attached hydrogens (tertiary/aromatic N) is 4. The van der Waals surface area contributed by atoms with Gasteiger partial charge in [-0.1, -0.05) is 37.3 Å². The molecule has 0 bridgehead atoms. The third-order valence-electron chi connectivity index (χ3n) is 3.31. The molecule has 2 heterocycles. The quantitative estimate of drug-likeness (QED) is 0.827. The summed E-state index contributed by atoms with van der Waals surface area (Å²) in [7, 11) is 0. The van der Waals surface area contributed by atoms with E-state index in [4.69, 9.17) is 0 Å². The molecule has 0 amide bonds. The maximum atomic E-state index is 4.66. The van der Waals surface area contributed by atoms with Gasteiger partial charge in [0.15, 0.2) is 5.82 Å². The topological polar surface area (TPSA) is 34.0 Å². The molecule has 1 aromatic carbocycles. The third-order valence-corrected chi connectivity index (χ3v) is 3.31. The summed E-state index contributed by atoms with van der Waals surface area (Å²) in [6.45, 7) is 6.32. The van der Waals surface area contributed by atoms with Crippen molar-refractivity contribution in [3.63, 3.8) is 0 Å². The number of rotatable bonds is 3. The molecule has 1 aliphatic rings. The van der Waals surface area contributed by atoms with Crippen molar-refractivity contribution in [1.82, 2.24) is 19.7 Å². The highest BCUT2D eigenvalue weighted by Gasteiger charge is 2.19. The van der Waals surface area contributed by atoms with E-state index in [0.29, 0.717) is 0 Å². The average molecular weight is 242 g/mol. The lowest BCUT2D eigenvalue weighted by Crippen LogP contribution is -2.34. The second-order valence-corrected chi connectivity index (χ2v) is 4.72. The highest BCUT2D eigenvalue weighted by atomic mass is 15.4. The van der Waals surface area contributed by atoms with Crippen LogP contribution in [-0.2, 0) is 13.1 Å². The summed E-state index contributed by atoms with van der Waals surface area (Å²) in [6.07, 6.45) is 1.19. The Morgan fingerprint density at radius 2 is 2.00 bits per heavy atom. The van der Waals surface area contributed by atoms with Gasteiger partial charge in [-0.2, -0.15) is 5.10 Å². The number of fused-ring (bicyclic) bond motifs is 1. The number of benzene rings is 1. The Morgan fingerprint density at radius 1 is 1.17 bits per heavy atom. The third kappa shape index (κ3) is 2.16. The highest BCUT2D eigenvalue weighted by molar-refractivity contribution is 5.54. The molecule has 4 nitrogen and oxygen atoms in total. The van der Waals surface area contributed by atoms with E-state index >= 15 is 0 Å². The van der Waals surface area contributed by atoms with Crippen molar-refractivity contribution in [1.29, 1.82) is 0 Å². The minimum Gasteiger partial charge on any atom is -0.294 e. The first-order chi connectivity index (χ1) is 8.86. The van der Waals surface area contributed by atoms with Crippen LogP contribution in [0.5, 0.6) is 0 Å². The van der Waals surface area contributed by atoms with Gasteiger partial charge in [-0.25, -0.2) is 9.67 Å². The van der Waals surface area contributed by atoms with Gasteiger partial charge < -0.3 is 0 Å². The monoisotopic (exact) mass is 242 g/mol. The van der Waals surface area contributed by atoms with E-state index in [0.717, 1.165) is 43.4 Å². The van der Waals surface area contributed by atoms with Crippen molar-refractivity contribution < 1.29 is 0 Å². The van der Waals surface area contributed by atoms with Crippen LogP contribution in [0.1, 0.15) is 19.2 Å². The Kier molecular flexibility index (Phi) is 3.11. The van der Waals surface area contributed by atoms with Gasteiger partial charge in [0.1, 0.15) is 5.82 Å². The van der Waals surface area contributed by atoms with Crippen molar-refractivity contribution >= 4 is 0 Å². The molecule has 1 aliphatic heterocycles. The largest absolute Gasteiger partial charge is 0.294 e. The van der Waals surface area contributed by atoms with E-state index < -0.39 is 0 Å². The maximum absolute atomic E-state index is 4.66. The fraction of sp³-hybridized carbons (Fsp3) is 0.429. The van der Waals surface area contributed by atoms with E-state index in [-0.39, 0.29) is 0 Å². The minimum absolute atomic E-state index is 0.851. The molecule has 4 heteroatoms. The van der Waals surface area contributed by atoms with Gasteiger partial charge in [0.05, 0.1) is 13.1 Å². The predicted molar refractivity (Wildman–Crippen MR) is 71.0 cm³/mol. The fourth-order valence-corrected chi connectivity index (χ4v) is 2.40. The minimum atomic E-state index is 0.851. The SMILES string of the molecule is CCCN1CCn2nc(-c3ccccc3)nc2C1. The molecule has 0 spiro atoms. The van der Waals surface area contributed by atoms with Crippen molar-refractivity contribution in [2.24, 2.45) is 0 Å². The summed E-state index contributed by atoms with van der Waals surface area (Å²) in [5.74, 6) is 1.94. The number of hydrogen-bond acceptors (Lipinski definition) is 3. The summed E-state index contributed by atoms with van der Waals surface area (Å²) in [6, 6.07) is 10.2. The molecule has 18 heavy (non-hydrogen) atoms. The highest BCUT2D eigenvalue weighted by Crippen LogP contribution is 2.18. The van der Waals surface area contributed by atoms with E-state index in [9.17, 15) is 0 Å². The first-order valence-corrected chi connectivity index (χ1v) is 6.58. The molecule has 0 N–H and O–H groups in total. The van der Waals surface area contributed by atoms with Crippen LogP contribution in [0.2, 0.25) is 0 Å². The Balaban J connectivity index is 1.85. The summed E-state index contributed by atoms with van der Waals surface area (Å²) < 4.78 is 2.05. The molecule has 0 aliphatic carbocycles. The summed E-state index contributed by atoms with van der Waals surface area (Å²) >= 11 is 0. The van der Waals surface area contributed by atoms with Gasteiger partial charge in [-0.05, 0) is 13.0 Å². The molecule has 0 unspecified atom stereocenters. The smallest absolute Gasteiger partial charge is 0.181 e. The van der Waals surface area contributed by atoms with E-state index in [2.05, 4.69) is 38.7 Å². The zero-order valence-electron chi connectivity index (χ0n) is 10.7. The van der Waals surface area contributed by atoms with Crippen molar-refractivity contribution in [3.05, 3.63) is 36.2 Å². The Bertz CT molecular complexity index is 518. The molecular formula is C14H18N4. The van der Waals surface area contributed by atoms with Crippen molar-refractivity contribution in [2.75, 3.05) is 13.1 Å². The second-order valence-electron chi connectivity index (χ2n) is 4.72. The molecule has 0 saturated heterocycles. The molecule has 0 radical (unpaired) electrons. The van der Waals surface area contributed by atoms with E-state index in [1.807, 2.05) is 18.2 Å². The van der Waals surface area contributed by atoms with Crippen LogP contribution in [-0.4, -0.2) is 32.8 Å². The Labute approximate surface area is 107 Å². The molecule has 3 rings (SSSR count). The van der Waals surface area contributed by atoms with Crippen LogP contribution in [0.3, 0.4) is 0 Å². The van der Waals surface area contributed by atoms with Crippen LogP contribution >= 0.6 is 0 Å². The summed E-state index contributed by atoms with van der Waals surface area (Å²) in [5, 5.41) is 4.59. The summed E-state index contributed by atoms with van der Waals surface area (Å²) in [4.78, 5) is 7.11. The first-order valence-electron chi connectivity index (χ1n) is 6.58. The molecule has 0 atom stereocenters. The molecule has 1 aromatic heterocycles. The normalized spacial score (nSPS) is 15.6. The lowest BCUT2D eigenvalue weighted by atomic mass is 10.2. The van der Waals surface area contributed by atoms with Crippen LogP contribution < -0.4 is 0 Å². The van der Waals surface area contributed by atoms with Gasteiger partial charge >= 0.3 is 0 Å². The molecular weight excluding hydrogens is 224 g/mol. The van der Waals surface area contributed by atoms with Crippen molar-refractivity contribution in [3.8, 4) is 11.4 Å². The fourth-order valence-electron chi connectivity index (χ4n) is 2.40. The Morgan fingerprint density at radius 3 is 2.78 bits per heavy atom. The first kappa shape index (κ1) is 11.4. The van der Waals surface area contributed by atoms with Crippen LogP contribution in [0.15, 0.2) is 30.3 Å². The second kappa shape index (κ2) is 4.90. The van der Waals surface area contributed by atoms with Gasteiger partial charge in [-0.3, -0.25) is 4.90 Å². The number of hydrogen-bond donors (Lipinski definition) is 0. The lowest BCUT2D eigenvalue weighted by molar-refractivity contribution is 0.210. The zero-order chi connectivity index (χ0) is 12.4. The van der Waals surface area contributed by atoms with Gasteiger partial charge in [0.2, 0.25) is 0 Å². The molecule has 2 aromatic rings. The summed E-state index contributed by atoms with van der Waals surface area (Å²) in [5.41, 5.74) is 1.10. The number of aromatic nitrogens is 3. The van der Waals surface area contributed by atoms with Gasteiger partial charge in [0.25, 0.3) is 0 Å². The van der Waals surface area contributed by atoms with Crippen LogP contribution in [0, 0.1) is 0 Å². The Hall–Kier alpha value is -1.68. The van der Waals surface area contributed by atoms with E-state index in [1.54, 1.807) is 0 Å². The van der Waals surface area contributed by atoms with Crippen molar-refractivity contribution in [2.45, 2.75) is 26.4 Å². The predicted octanol–water partition coefficient (Wildman–Crippen LogP) is 2.17. The molecule has 0 fully saturated rings. The molecule has 0 saturated carbocycles. The molecule has 94 valence electrons. The van der Waals surface area contributed by atoms with E-state index in [1.165, 1.54) is 6.42 Å². The zero-order valence-corrected chi connectivity index (χ0v) is 10.7.